The molecule has 0 aliphatic carbocycles. The van der Waals surface area contributed by atoms with Crippen LogP contribution in [0.3, 0.4) is 0 Å². The molecule has 0 fully saturated rings. The van der Waals surface area contributed by atoms with Gasteiger partial charge in [-0.05, 0) is 56.5 Å². The summed E-state index contributed by atoms with van der Waals surface area (Å²) >= 11 is 0. The van der Waals surface area contributed by atoms with Crippen molar-refractivity contribution in [3.8, 4) is 5.75 Å². The lowest BCUT2D eigenvalue weighted by Gasteiger charge is -2.30. The molecule has 0 aromatic heterocycles. The minimum atomic E-state index is -1.19. The molecule has 31 heavy (non-hydrogen) atoms. The maximum Gasteiger partial charge on any atom is 0.311 e. The molecule has 3 rings (SSSR count). The first-order valence-corrected chi connectivity index (χ1v) is 10.6. The molecule has 2 aliphatic rings. The molecule has 172 valence electrons. The topological polar surface area (TPSA) is 126 Å². The summed E-state index contributed by atoms with van der Waals surface area (Å²) in [6.45, 7) is 2.16. The Kier molecular flexibility index (Phi) is 10.3. The standard InChI is InChI=1S/C22H33N3O6/c1-30-13-9-22(21(28)29)14-17-5-7-18(8-6-17)31-15-20(27)24-12-3-11-23-10-2-4-19(26)25-16-22/h5-8,23H,2-4,9-16H2,1H3,(H,24,27)(H,25,26)(H,28,29). The number of nitrogens with one attached hydrogen (secondary N) is 3. The quantitative estimate of drug-likeness (QED) is 0.549. The third-order valence-corrected chi connectivity index (χ3v) is 5.31. The van der Waals surface area contributed by atoms with Gasteiger partial charge < -0.3 is 30.5 Å². The Labute approximate surface area is 182 Å². The van der Waals surface area contributed by atoms with Crippen molar-refractivity contribution in [3.63, 3.8) is 0 Å². The highest BCUT2D eigenvalue weighted by Crippen LogP contribution is 2.28. The van der Waals surface area contributed by atoms with Crippen LogP contribution >= 0.6 is 0 Å². The van der Waals surface area contributed by atoms with E-state index in [2.05, 4.69) is 16.0 Å². The second kappa shape index (κ2) is 12.9. The summed E-state index contributed by atoms with van der Waals surface area (Å²) in [7, 11) is 1.52. The Hall–Kier alpha value is -2.65. The summed E-state index contributed by atoms with van der Waals surface area (Å²) in [4.78, 5) is 36.4. The van der Waals surface area contributed by atoms with Crippen LogP contribution in [0.2, 0.25) is 0 Å². The van der Waals surface area contributed by atoms with E-state index in [4.69, 9.17) is 9.47 Å². The number of ether oxygens (including phenoxy) is 2. The highest BCUT2D eigenvalue weighted by Gasteiger charge is 2.38. The minimum Gasteiger partial charge on any atom is -0.484 e. The predicted octanol–water partition coefficient (Wildman–Crippen LogP) is 0.721. The fraction of sp³-hybridized carbons (Fsp3) is 0.591. The van der Waals surface area contributed by atoms with Crippen LogP contribution in [0, 0.1) is 5.41 Å². The molecule has 9 nitrogen and oxygen atoms in total. The first-order chi connectivity index (χ1) is 14.9. The Balaban J connectivity index is 2.17. The molecule has 0 saturated carbocycles. The zero-order valence-electron chi connectivity index (χ0n) is 18.1. The van der Waals surface area contributed by atoms with Crippen molar-refractivity contribution in [1.29, 1.82) is 0 Å². The molecule has 1 aromatic carbocycles. The lowest BCUT2D eigenvalue weighted by atomic mass is 9.78. The number of benzene rings is 1. The molecule has 1 unspecified atom stereocenters. The molecule has 2 bridgehead atoms. The number of carboxylic acids is 1. The van der Waals surface area contributed by atoms with Crippen LogP contribution in [0.15, 0.2) is 24.3 Å². The lowest BCUT2D eigenvalue weighted by Crippen LogP contribution is -2.45. The van der Waals surface area contributed by atoms with Gasteiger partial charge in [-0.3, -0.25) is 14.4 Å². The molecule has 0 radical (unpaired) electrons. The SMILES string of the molecule is COCCC1(C(=O)O)CNC(=O)CCCNCCCNC(=O)COc2ccc(cc2)C1. The third-order valence-electron chi connectivity index (χ3n) is 5.31. The molecule has 2 aliphatic heterocycles. The first kappa shape index (κ1) is 24.6. The van der Waals surface area contributed by atoms with E-state index in [1.807, 2.05) is 0 Å². The van der Waals surface area contributed by atoms with E-state index in [9.17, 15) is 19.5 Å². The maximum absolute atomic E-state index is 12.3. The van der Waals surface area contributed by atoms with Crippen molar-refractivity contribution in [2.24, 2.45) is 5.41 Å². The van der Waals surface area contributed by atoms with E-state index < -0.39 is 11.4 Å². The van der Waals surface area contributed by atoms with Gasteiger partial charge in [-0.25, -0.2) is 0 Å². The Morgan fingerprint density at radius 1 is 1.10 bits per heavy atom. The number of rotatable bonds is 4. The smallest absolute Gasteiger partial charge is 0.311 e. The van der Waals surface area contributed by atoms with Crippen LogP contribution in [0.4, 0.5) is 0 Å². The second-order valence-corrected chi connectivity index (χ2v) is 7.77. The van der Waals surface area contributed by atoms with Crippen molar-refractivity contribution >= 4 is 17.8 Å². The number of carbonyl (C=O) groups is 3. The molecule has 1 aromatic rings. The fourth-order valence-corrected chi connectivity index (χ4v) is 3.39. The summed E-state index contributed by atoms with van der Waals surface area (Å²) in [6.07, 6.45) is 2.22. The fourth-order valence-electron chi connectivity index (χ4n) is 3.39. The highest BCUT2D eigenvalue weighted by molar-refractivity contribution is 5.79. The number of hydrogen-bond donors (Lipinski definition) is 4. The van der Waals surface area contributed by atoms with Gasteiger partial charge in [0.15, 0.2) is 6.61 Å². The molecule has 1 atom stereocenters. The van der Waals surface area contributed by atoms with Gasteiger partial charge in [0.05, 0.1) is 5.41 Å². The van der Waals surface area contributed by atoms with Crippen LogP contribution in [-0.2, 0) is 25.5 Å². The van der Waals surface area contributed by atoms with Crippen LogP contribution in [-0.4, -0.2) is 69.4 Å². The van der Waals surface area contributed by atoms with Gasteiger partial charge in [-0.15, -0.1) is 0 Å². The number of carboxylic acid groups (broad SMARTS) is 1. The summed E-state index contributed by atoms with van der Waals surface area (Å²) < 4.78 is 10.6. The van der Waals surface area contributed by atoms with E-state index in [-0.39, 0.29) is 44.4 Å². The van der Waals surface area contributed by atoms with Crippen LogP contribution < -0.4 is 20.7 Å². The lowest BCUT2D eigenvalue weighted by molar-refractivity contribution is -0.150. The highest BCUT2D eigenvalue weighted by atomic mass is 16.5. The number of hydrogen-bond acceptors (Lipinski definition) is 6. The average molecular weight is 436 g/mol. The summed E-state index contributed by atoms with van der Waals surface area (Å²) in [5.74, 6) is -0.818. The van der Waals surface area contributed by atoms with Crippen molar-refractivity contribution in [1.82, 2.24) is 16.0 Å². The van der Waals surface area contributed by atoms with E-state index in [0.29, 0.717) is 31.7 Å². The Morgan fingerprint density at radius 2 is 1.84 bits per heavy atom. The first-order valence-electron chi connectivity index (χ1n) is 10.6. The summed E-state index contributed by atoms with van der Waals surface area (Å²) in [5, 5.41) is 18.9. The second-order valence-electron chi connectivity index (χ2n) is 7.77. The van der Waals surface area contributed by atoms with E-state index >= 15 is 0 Å². The summed E-state index contributed by atoms with van der Waals surface area (Å²) in [5.41, 5.74) is -0.393. The molecular weight excluding hydrogens is 402 g/mol. The molecule has 9 heteroatoms. The van der Waals surface area contributed by atoms with E-state index in [1.54, 1.807) is 24.3 Å². The van der Waals surface area contributed by atoms with Gasteiger partial charge in [0.1, 0.15) is 5.75 Å². The van der Waals surface area contributed by atoms with Crippen molar-refractivity contribution in [3.05, 3.63) is 29.8 Å². The number of fused-ring (bicyclic) bond motifs is 17. The molecular formula is C22H33N3O6. The van der Waals surface area contributed by atoms with Gasteiger partial charge in [0.2, 0.25) is 5.91 Å². The largest absolute Gasteiger partial charge is 0.484 e. The van der Waals surface area contributed by atoms with Gasteiger partial charge in [-0.1, -0.05) is 12.1 Å². The van der Waals surface area contributed by atoms with Gasteiger partial charge in [-0.2, -0.15) is 0 Å². The normalized spacial score (nSPS) is 22.1. The zero-order valence-corrected chi connectivity index (χ0v) is 18.1. The van der Waals surface area contributed by atoms with Gasteiger partial charge in [0, 0.05) is 33.2 Å². The van der Waals surface area contributed by atoms with Crippen LogP contribution in [0.1, 0.15) is 31.2 Å². The van der Waals surface area contributed by atoms with Crippen molar-refractivity contribution in [2.45, 2.75) is 32.1 Å². The Morgan fingerprint density at radius 3 is 2.55 bits per heavy atom. The minimum absolute atomic E-state index is 0.0242. The molecule has 4 N–H and O–H groups in total. The molecule has 2 heterocycles. The van der Waals surface area contributed by atoms with Crippen molar-refractivity contribution < 1.29 is 29.0 Å². The monoisotopic (exact) mass is 435 g/mol. The number of methoxy groups -OCH3 is 1. The van der Waals surface area contributed by atoms with Gasteiger partial charge in [0.25, 0.3) is 5.91 Å². The summed E-state index contributed by atoms with van der Waals surface area (Å²) in [6, 6.07) is 6.99. The van der Waals surface area contributed by atoms with Gasteiger partial charge >= 0.3 is 5.97 Å². The zero-order chi connectivity index (χ0) is 22.5. The third kappa shape index (κ3) is 8.55. The van der Waals surface area contributed by atoms with Crippen LogP contribution in [0.5, 0.6) is 5.75 Å². The van der Waals surface area contributed by atoms with Crippen molar-refractivity contribution in [2.75, 3.05) is 46.5 Å². The average Bonchev–Trinajstić information content (AvgIpc) is 2.76. The molecule has 0 saturated heterocycles. The molecule has 0 spiro atoms. The van der Waals surface area contributed by atoms with E-state index in [1.165, 1.54) is 7.11 Å². The number of amides is 2. The maximum atomic E-state index is 12.3. The van der Waals surface area contributed by atoms with Crippen LogP contribution in [0.25, 0.3) is 0 Å². The Bertz CT molecular complexity index is 724. The number of carbonyl (C=O) groups excluding carboxylic acids is 2. The van der Waals surface area contributed by atoms with E-state index in [0.717, 1.165) is 18.5 Å². The predicted molar refractivity (Wildman–Crippen MR) is 115 cm³/mol. The number of aliphatic carboxylic acids is 1. The molecule has 2 amide bonds.